The molecule has 1 saturated carbocycles. The van der Waals surface area contributed by atoms with Crippen LogP contribution >= 0.6 is 0 Å². The Bertz CT molecular complexity index is 1130. The first-order chi connectivity index (χ1) is 17.3. The minimum Gasteiger partial charge on any atom is -0.303 e. The second-order valence-electron chi connectivity index (χ2n) is 11.0. The van der Waals surface area contributed by atoms with Gasteiger partial charge in [0.2, 0.25) is 0 Å². The lowest BCUT2D eigenvalue weighted by atomic mass is 9.69. The quantitative estimate of drug-likeness (QED) is 0.208. The molecule has 0 amide bonds. The van der Waals surface area contributed by atoms with Crippen molar-refractivity contribution in [2.75, 3.05) is 0 Å². The van der Waals surface area contributed by atoms with Crippen molar-refractivity contribution in [3.63, 3.8) is 0 Å². The molecule has 0 aromatic heterocycles. The largest absolute Gasteiger partial charge is 0.303 e. The van der Waals surface area contributed by atoms with Crippen LogP contribution in [0.5, 0.6) is 0 Å². The SMILES string of the molecule is CC1=C(C)C2(C)C(N[C@H](C=O)Cc3ccccc3)C(/C=N/N[C@H](C=O)Cc3ccccc3)C1(C)C2C. The van der Waals surface area contributed by atoms with Gasteiger partial charge >= 0.3 is 0 Å². The third kappa shape index (κ3) is 4.45. The zero-order valence-corrected chi connectivity index (χ0v) is 22.1. The van der Waals surface area contributed by atoms with Crippen molar-refractivity contribution < 1.29 is 9.59 Å². The number of fused-ring (bicyclic) bond motifs is 2. The Morgan fingerprint density at radius 3 is 1.86 bits per heavy atom. The smallest absolute Gasteiger partial charge is 0.144 e. The summed E-state index contributed by atoms with van der Waals surface area (Å²) in [7, 11) is 0. The van der Waals surface area contributed by atoms with E-state index >= 15 is 0 Å². The normalized spacial score (nSPS) is 31.0. The molecule has 1 fully saturated rings. The predicted octanol–water partition coefficient (Wildman–Crippen LogP) is 4.77. The van der Waals surface area contributed by atoms with Crippen molar-refractivity contribution in [1.82, 2.24) is 10.7 Å². The number of hydrogen-bond acceptors (Lipinski definition) is 5. The van der Waals surface area contributed by atoms with Crippen LogP contribution in [0.2, 0.25) is 0 Å². The lowest BCUT2D eigenvalue weighted by Crippen LogP contribution is -2.53. The molecular weight excluding hydrogens is 446 g/mol. The van der Waals surface area contributed by atoms with Crippen LogP contribution in [0.1, 0.15) is 45.7 Å². The molecule has 2 aliphatic carbocycles. The number of hydrogen-bond donors (Lipinski definition) is 2. The van der Waals surface area contributed by atoms with E-state index < -0.39 is 6.04 Å². The molecule has 7 atom stereocenters. The summed E-state index contributed by atoms with van der Waals surface area (Å²) in [5.41, 5.74) is 7.96. The molecule has 2 N–H and O–H groups in total. The van der Waals surface area contributed by atoms with Gasteiger partial charge in [0.05, 0.1) is 6.04 Å². The third-order valence-electron chi connectivity index (χ3n) is 9.47. The molecule has 0 radical (unpaired) electrons. The molecule has 36 heavy (non-hydrogen) atoms. The highest BCUT2D eigenvalue weighted by Gasteiger charge is 2.67. The van der Waals surface area contributed by atoms with Crippen molar-refractivity contribution in [3.05, 3.63) is 82.9 Å². The van der Waals surface area contributed by atoms with E-state index in [4.69, 9.17) is 0 Å². The van der Waals surface area contributed by atoms with Crippen LogP contribution in [-0.4, -0.2) is 36.9 Å². The van der Waals surface area contributed by atoms with Gasteiger partial charge in [-0.05, 0) is 37.3 Å². The monoisotopic (exact) mass is 485 g/mol. The number of benzene rings is 2. The van der Waals surface area contributed by atoms with Crippen molar-refractivity contribution in [2.45, 2.75) is 65.6 Å². The van der Waals surface area contributed by atoms with Gasteiger partial charge in [-0.2, -0.15) is 5.10 Å². The van der Waals surface area contributed by atoms with Gasteiger partial charge in [-0.1, -0.05) is 92.6 Å². The number of rotatable bonds is 11. The van der Waals surface area contributed by atoms with Crippen LogP contribution in [0.15, 0.2) is 76.9 Å². The average Bonchev–Trinajstić information content (AvgIpc) is 3.14. The Morgan fingerprint density at radius 1 is 0.833 bits per heavy atom. The summed E-state index contributed by atoms with van der Waals surface area (Å²) in [6, 6.07) is 19.5. The molecular formula is C31H39N3O2. The fourth-order valence-electron chi connectivity index (χ4n) is 6.81. The minimum absolute atomic E-state index is 0.0504. The second kappa shape index (κ2) is 10.5. The maximum Gasteiger partial charge on any atom is 0.144 e. The van der Waals surface area contributed by atoms with Gasteiger partial charge in [0.15, 0.2) is 0 Å². The zero-order chi connectivity index (χ0) is 25.9. The molecule has 0 aliphatic heterocycles. The number of carbonyl (C=O) groups is 2. The van der Waals surface area contributed by atoms with Crippen LogP contribution in [0.4, 0.5) is 0 Å². The van der Waals surface area contributed by atoms with Crippen LogP contribution in [0.25, 0.3) is 0 Å². The molecule has 2 aromatic rings. The van der Waals surface area contributed by atoms with E-state index in [1.807, 2.05) is 54.7 Å². The average molecular weight is 486 g/mol. The third-order valence-corrected chi connectivity index (χ3v) is 9.47. The molecule has 2 aliphatic rings. The maximum absolute atomic E-state index is 12.2. The van der Waals surface area contributed by atoms with Crippen LogP contribution in [-0.2, 0) is 22.4 Å². The number of carbonyl (C=O) groups excluding carboxylic acids is 2. The van der Waals surface area contributed by atoms with E-state index in [1.165, 1.54) is 11.1 Å². The summed E-state index contributed by atoms with van der Waals surface area (Å²) in [5, 5.41) is 8.36. The van der Waals surface area contributed by atoms with Gasteiger partial charge in [0.1, 0.15) is 18.6 Å². The van der Waals surface area contributed by atoms with Gasteiger partial charge in [0, 0.05) is 35.4 Å². The van der Waals surface area contributed by atoms with Gasteiger partial charge in [-0.25, -0.2) is 0 Å². The fraction of sp³-hybridized carbons (Fsp3) is 0.452. The fourth-order valence-corrected chi connectivity index (χ4v) is 6.81. The van der Waals surface area contributed by atoms with Crippen molar-refractivity contribution >= 4 is 18.8 Å². The summed E-state index contributed by atoms with van der Waals surface area (Å²) < 4.78 is 0. The Morgan fingerprint density at radius 2 is 1.33 bits per heavy atom. The highest BCUT2D eigenvalue weighted by Crippen LogP contribution is 2.69. The van der Waals surface area contributed by atoms with E-state index in [9.17, 15) is 9.59 Å². The van der Waals surface area contributed by atoms with Crippen LogP contribution in [0, 0.1) is 22.7 Å². The van der Waals surface area contributed by atoms with E-state index in [0.717, 1.165) is 23.7 Å². The van der Waals surface area contributed by atoms with Gasteiger partial charge in [-0.3, -0.25) is 5.43 Å². The minimum atomic E-state index is -0.395. The highest BCUT2D eigenvalue weighted by molar-refractivity contribution is 5.69. The second-order valence-corrected chi connectivity index (χ2v) is 11.0. The molecule has 190 valence electrons. The molecule has 0 heterocycles. The summed E-state index contributed by atoms with van der Waals surface area (Å²) in [6.07, 6.45) is 5.18. The summed E-state index contributed by atoms with van der Waals surface area (Å²) in [5.74, 6) is 0.463. The highest BCUT2D eigenvalue weighted by atomic mass is 16.1. The van der Waals surface area contributed by atoms with E-state index in [2.05, 4.69) is 62.6 Å². The predicted molar refractivity (Wildman–Crippen MR) is 146 cm³/mol. The lowest BCUT2D eigenvalue weighted by Gasteiger charge is -2.41. The molecule has 2 aromatic carbocycles. The molecule has 0 spiro atoms. The van der Waals surface area contributed by atoms with E-state index in [0.29, 0.717) is 18.8 Å². The van der Waals surface area contributed by atoms with E-state index in [1.54, 1.807) is 0 Å². The summed E-state index contributed by atoms with van der Waals surface area (Å²) in [4.78, 5) is 23.9. The molecule has 5 unspecified atom stereocenters. The topological polar surface area (TPSA) is 70.6 Å². The number of nitrogens with one attached hydrogen (secondary N) is 2. The van der Waals surface area contributed by atoms with E-state index in [-0.39, 0.29) is 28.8 Å². The van der Waals surface area contributed by atoms with Crippen molar-refractivity contribution in [2.24, 2.45) is 27.8 Å². The first-order valence-corrected chi connectivity index (χ1v) is 13.0. The van der Waals surface area contributed by atoms with Gasteiger partial charge in [-0.15, -0.1) is 0 Å². The standard InChI is InChI=1S/C31H39N3O2/c1-21-22(2)31(5)23(3)30(21,4)28(18-32-34-27(20-36)17-25-14-10-7-11-15-25)29(31)33-26(19-35)16-24-12-8-6-9-13-24/h6-15,18-20,23,26-29,33-34H,16-17H2,1-5H3/b32-18+/t23?,26-,27-,28?,29?,30?,31?/m0/s1. The van der Waals surface area contributed by atoms with Crippen LogP contribution in [0.3, 0.4) is 0 Å². The van der Waals surface area contributed by atoms with Crippen molar-refractivity contribution in [3.8, 4) is 0 Å². The zero-order valence-electron chi connectivity index (χ0n) is 22.1. The van der Waals surface area contributed by atoms with Crippen molar-refractivity contribution in [1.29, 1.82) is 0 Å². The maximum atomic E-state index is 12.2. The first-order valence-electron chi connectivity index (χ1n) is 13.0. The summed E-state index contributed by atoms with van der Waals surface area (Å²) in [6.45, 7) is 11.5. The lowest BCUT2D eigenvalue weighted by molar-refractivity contribution is -0.110. The molecule has 4 rings (SSSR count). The number of allylic oxidation sites excluding steroid dienone is 1. The Hall–Kier alpha value is -3.05. The molecule has 2 bridgehead atoms. The summed E-state index contributed by atoms with van der Waals surface area (Å²) >= 11 is 0. The molecule has 5 nitrogen and oxygen atoms in total. The first kappa shape index (κ1) is 26.0. The Labute approximate surface area is 215 Å². The Balaban J connectivity index is 1.57. The number of hydrazone groups is 1. The van der Waals surface area contributed by atoms with Gasteiger partial charge in [0.25, 0.3) is 0 Å². The van der Waals surface area contributed by atoms with Gasteiger partial charge < -0.3 is 14.9 Å². The number of nitrogens with zero attached hydrogens (tertiary/aromatic N) is 1. The number of aldehydes is 2. The van der Waals surface area contributed by atoms with Crippen LogP contribution < -0.4 is 10.7 Å². The Kier molecular flexibility index (Phi) is 7.60. The molecule has 5 heteroatoms. The molecule has 0 saturated heterocycles.